The van der Waals surface area contributed by atoms with Crippen LogP contribution in [0.3, 0.4) is 0 Å². The van der Waals surface area contributed by atoms with E-state index in [1.165, 1.54) is 36.2 Å². The zero-order chi connectivity index (χ0) is 15.7. The number of fused-ring (bicyclic) bond motifs is 1. The summed E-state index contributed by atoms with van der Waals surface area (Å²) in [7, 11) is -3.73. The summed E-state index contributed by atoms with van der Waals surface area (Å²) in [6.07, 6.45) is 0. The van der Waals surface area contributed by atoms with E-state index < -0.39 is 15.8 Å². The molecular weight excluding hydrogens is 303 g/mol. The number of rotatable bonds is 4. The molecule has 0 aliphatic carbocycles. The molecule has 0 saturated heterocycles. The number of hydrogen-bond donors (Lipinski definition) is 2. The molecule has 0 atom stereocenters. The molecule has 2 N–H and O–H groups in total. The maximum Gasteiger partial charge on any atom is 0.241 e. The summed E-state index contributed by atoms with van der Waals surface area (Å²) in [5.74, 6) is -0.522. The number of nitrogens with one attached hydrogen (secondary N) is 2. The Hall–Kier alpha value is -1.76. The molecule has 116 valence electrons. The van der Waals surface area contributed by atoms with Gasteiger partial charge in [0.2, 0.25) is 10.0 Å². The van der Waals surface area contributed by atoms with Gasteiger partial charge >= 0.3 is 0 Å². The van der Waals surface area contributed by atoms with Crippen molar-refractivity contribution in [3.05, 3.63) is 64.5 Å². The first-order valence-corrected chi connectivity index (χ1v) is 8.52. The average Bonchev–Trinajstić information content (AvgIpc) is 2.95. The monoisotopic (exact) mass is 320 g/mol. The van der Waals surface area contributed by atoms with E-state index in [4.69, 9.17) is 0 Å². The van der Waals surface area contributed by atoms with Crippen LogP contribution < -0.4 is 10.0 Å². The Balaban J connectivity index is 1.79. The van der Waals surface area contributed by atoms with Crippen LogP contribution in [0.2, 0.25) is 0 Å². The molecule has 0 spiro atoms. The van der Waals surface area contributed by atoms with E-state index in [9.17, 15) is 12.8 Å². The quantitative estimate of drug-likeness (QED) is 0.908. The highest BCUT2D eigenvalue weighted by molar-refractivity contribution is 7.89. The minimum absolute atomic E-state index is 0.0182. The van der Waals surface area contributed by atoms with Crippen LogP contribution in [-0.2, 0) is 29.7 Å². The molecule has 1 aliphatic rings. The van der Waals surface area contributed by atoms with E-state index in [1.54, 1.807) is 0 Å². The zero-order valence-electron chi connectivity index (χ0n) is 12.2. The summed E-state index contributed by atoms with van der Waals surface area (Å²) in [6.45, 7) is 3.30. The Kier molecular flexibility index (Phi) is 3.99. The third kappa shape index (κ3) is 2.90. The smallest absolute Gasteiger partial charge is 0.241 e. The lowest BCUT2D eigenvalue weighted by Crippen LogP contribution is -2.24. The van der Waals surface area contributed by atoms with E-state index in [1.807, 2.05) is 18.2 Å². The lowest BCUT2D eigenvalue weighted by molar-refractivity contribution is 0.574. The second-order valence-corrected chi connectivity index (χ2v) is 7.13. The molecular formula is C16H17FN2O2S. The lowest BCUT2D eigenvalue weighted by Gasteiger charge is -2.10. The summed E-state index contributed by atoms with van der Waals surface area (Å²) < 4.78 is 40.7. The van der Waals surface area contributed by atoms with Crippen molar-refractivity contribution in [2.45, 2.75) is 31.5 Å². The van der Waals surface area contributed by atoms with E-state index in [0.29, 0.717) is 0 Å². The lowest BCUT2D eigenvalue weighted by atomic mass is 10.1. The van der Waals surface area contributed by atoms with Gasteiger partial charge in [0, 0.05) is 25.2 Å². The van der Waals surface area contributed by atoms with Gasteiger partial charge in [-0.25, -0.2) is 17.5 Å². The molecule has 0 bridgehead atoms. The highest BCUT2D eigenvalue weighted by Crippen LogP contribution is 2.19. The van der Waals surface area contributed by atoms with Crippen LogP contribution in [0.5, 0.6) is 0 Å². The predicted molar refractivity (Wildman–Crippen MR) is 82.1 cm³/mol. The third-order valence-corrected chi connectivity index (χ3v) is 5.42. The van der Waals surface area contributed by atoms with Gasteiger partial charge in [0.25, 0.3) is 0 Å². The molecule has 3 rings (SSSR count). The molecule has 2 aromatic carbocycles. The van der Waals surface area contributed by atoms with E-state index >= 15 is 0 Å². The van der Waals surface area contributed by atoms with Gasteiger partial charge in [-0.1, -0.05) is 24.3 Å². The highest BCUT2D eigenvalue weighted by Gasteiger charge is 2.18. The minimum Gasteiger partial charge on any atom is -0.309 e. The zero-order valence-corrected chi connectivity index (χ0v) is 13.0. The fraction of sp³-hybridized carbons (Fsp3) is 0.250. The van der Waals surface area contributed by atoms with Crippen molar-refractivity contribution in [2.75, 3.05) is 0 Å². The van der Waals surface area contributed by atoms with Gasteiger partial charge in [0.15, 0.2) is 0 Å². The normalized spacial score (nSPS) is 14.1. The Morgan fingerprint density at radius 1 is 1.18 bits per heavy atom. The summed E-state index contributed by atoms with van der Waals surface area (Å²) >= 11 is 0. The van der Waals surface area contributed by atoms with E-state index in [0.717, 1.165) is 18.7 Å². The van der Waals surface area contributed by atoms with Crippen molar-refractivity contribution < 1.29 is 12.8 Å². The van der Waals surface area contributed by atoms with Crippen LogP contribution in [0.4, 0.5) is 4.39 Å². The standard InChI is InChI=1S/C16H17FN2O2S/c1-11-15(17)3-2-4-16(11)22(20,21)19-8-12-5-6-13-9-18-10-14(13)7-12/h2-7,18-19H,8-10H2,1H3. The summed E-state index contributed by atoms with van der Waals surface area (Å²) in [4.78, 5) is -0.0182. The van der Waals surface area contributed by atoms with Crippen LogP contribution in [0, 0.1) is 12.7 Å². The fourth-order valence-electron chi connectivity index (χ4n) is 2.59. The minimum atomic E-state index is -3.73. The average molecular weight is 320 g/mol. The molecule has 1 heterocycles. The SMILES string of the molecule is Cc1c(F)cccc1S(=O)(=O)NCc1ccc2c(c1)CNC2. The molecule has 0 unspecified atom stereocenters. The van der Waals surface area contributed by atoms with Crippen LogP contribution in [0.25, 0.3) is 0 Å². The van der Waals surface area contributed by atoms with Gasteiger partial charge in [0.05, 0.1) is 4.90 Å². The molecule has 4 nitrogen and oxygen atoms in total. The van der Waals surface area contributed by atoms with Gasteiger partial charge in [-0.3, -0.25) is 0 Å². The van der Waals surface area contributed by atoms with E-state index in [2.05, 4.69) is 10.0 Å². The number of hydrogen-bond acceptors (Lipinski definition) is 3. The topological polar surface area (TPSA) is 58.2 Å². The molecule has 6 heteroatoms. The van der Waals surface area contributed by atoms with E-state index in [-0.39, 0.29) is 17.0 Å². The van der Waals surface area contributed by atoms with Crippen molar-refractivity contribution >= 4 is 10.0 Å². The van der Waals surface area contributed by atoms with Crippen LogP contribution in [0.1, 0.15) is 22.3 Å². The first kappa shape index (κ1) is 15.1. The first-order chi connectivity index (χ1) is 10.5. The molecule has 22 heavy (non-hydrogen) atoms. The molecule has 0 saturated carbocycles. The predicted octanol–water partition coefficient (Wildman–Crippen LogP) is 2.22. The molecule has 1 aliphatic heterocycles. The number of sulfonamides is 1. The first-order valence-electron chi connectivity index (χ1n) is 7.03. The van der Waals surface area contributed by atoms with Gasteiger partial charge in [-0.05, 0) is 35.7 Å². The maximum absolute atomic E-state index is 13.5. The van der Waals surface area contributed by atoms with Crippen molar-refractivity contribution in [3.8, 4) is 0 Å². The third-order valence-electron chi connectivity index (χ3n) is 3.88. The van der Waals surface area contributed by atoms with Gasteiger partial charge in [-0.2, -0.15) is 0 Å². The summed E-state index contributed by atoms with van der Waals surface area (Å²) in [5.41, 5.74) is 3.46. The number of benzene rings is 2. The second kappa shape index (κ2) is 5.79. The molecule has 0 fully saturated rings. The van der Waals surface area contributed by atoms with Crippen LogP contribution >= 0.6 is 0 Å². The summed E-state index contributed by atoms with van der Waals surface area (Å²) in [5, 5.41) is 3.25. The fourth-order valence-corrected chi connectivity index (χ4v) is 3.86. The molecule has 0 radical (unpaired) electrons. The Morgan fingerprint density at radius 3 is 2.77 bits per heavy atom. The Labute approximate surface area is 129 Å². The van der Waals surface area contributed by atoms with Crippen molar-refractivity contribution in [3.63, 3.8) is 0 Å². The molecule has 2 aromatic rings. The second-order valence-electron chi connectivity index (χ2n) is 5.39. The van der Waals surface area contributed by atoms with Crippen LogP contribution in [-0.4, -0.2) is 8.42 Å². The highest BCUT2D eigenvalue weighted by atomic mass is 32.2. The van der Waals surface area contributed by atoms with Gasteiger partial charge in [0.1, 0.15) is 5.82 Å². The van der Waals surface area contributed by atoms with Crippen molar-refractivity contribution in [1.29, 1.82) is 0 Å². The largest absolute Gasteiger partial charge is 0.309 e. The number of halogens is 1. The summed E-state index contributed by atoms with van der Waals surface area (Å²) in [6, 6.07) is 9.97. The van der Waals surface area contributed by atoms with Gasteiger partial charge < -0.3 is 5.32 Å². The van der Waals surface area contributed by atoms with Crippen LogP contribution in [0.15, 0.2) is 41.3 Å². The maximum atomic E-state index is 13.5. The molecule has 0 amide bonds. The van der Waals surface area contributed by atoms with Crippen molar-refractivity contribution in [2.24, 2.45) is 0 Å². The Bertz CT molecular complexity index is 819. The molecule has 0 aromatic heterocycles. The Morgan fingerprint density at radius 2 is 1.95 bits per heavy atom. The van der Waals surface area contributed by atoms with Crippen molar-refractivity contribution in [1.82, 2.24) is 10.0 Å². The van der Waals surface area contributed by atoms with Gasteiger partial charge in [-0.15, -0.1) is 0 Å².